The molecule has 6 nitrogen and oxygen atoms in total. The highest BCUT2D eigenvalue weighted by atomic mass is 127. The van der Waals surface area contributed by atoms with Crippen LogP contribution in [0.15, 0.2) is 83.3 Å². The molecule has 0 spiro atoms. The Kier molecular flexibility index (Phi) is 7.94. The number of anilines is 2. The molecule has 0 unspecified atom stereocenters. The Morgan fingerprint density at radius 3 is 2.44 bits per heavy atom. The molecule has 0 saturated carbocycles. The lowest BCUT2D eigenvalue weighted by molar-refractivity contribution is 0.0955. The topological polar surface area (TPSA) is 71.3 Å². The van der Waals surface area contributed by atoms with Crippen LogP contribution in [0.5, 0.6) is 0 Å². The molecule has 0 fully saturated rings. The van der Waals surface area contributed by atoms with Gasteiger partial charge in [0.1, 0.15) is 0 Å². The van der Waals surface area contributed by atoms with Gasteiger partial charge in [0, 0.05) is 48.4 Å². The fourth-order valence-electron chi connectivity index (χ4n) is 4.33. The van der Waals surface area contributed by atoms with Gasteiger partial charge in [-0.1, -0.05) is 29.8 Å². The second-order valence-corrected chi connectivity index (χ2v) is 11.4. The second kappa shape index (κ2) is 11.5. The van der Waals surface area contributed by atoms with Crippen molar-refractivity contribution in [3.8, 4) is 16.9 Å². The van der Waals surface area contributed by atoms with Gasteiger partial charge < -0.3 is 9.88 Å². The number of halogens is 1. The second-order valence-electron chi connectivity index (χ2n) is 9.40. The Bertz CT molecular complexity index is 1670. The highest BCUT2D eigenvalue weighted by Crippen LogP contribution is 2.28. The molecule has 0 radical (unpaired) electrons. The minimum Gasteiger partial charge on any atom is -0.332 e. The number of benzene rings is 3. The third kappa shape index (κ3) is 6.12. The van der Waals surface area contributed by atoms with Crippen LogP contribution in [0.4, 0.5) is 10.8 Å². The Morgan fingerprint density at radius 2 is 1.72 bits per heavy atom. The lowest BCUT2D eigenvalue weighted by Crippen LogP contribution is -2.17. The molecule has 1 amide bonds. The van der Waals surface area contributed by atoms with Gasteiger partial charge in [0.25, 0.3) is 5.91 Å². The highest BCUT2D eigenvalue weighted by Gasteiger charge is 2.11. The van der Waals surface area contributed by atoms with E-state index >= 15 is 0 Å². The predicted octanol–water partition coefficient (Wildman–Crippen LogP) is 7.95. The normalized spacial score (nSPS) is 11.2. The molecule has 0 aliphatic rings. The molecule has 5 aromatic rings. The monoisotopic (exact) mass is 645 g/mol. The van der Waals surface area contributed by atoms with Crippen molar-refractivity contribution < 1.29 is 4.79 Å². The number of thiazole rings is 1. The maximum absolute atomic E-state index is 12.7. The van der Waals surface area contributed by atoms with E-state index in [4.69, 9.17) is 0 Å². The molecule has 196 valence electrons. The molecular formula is C31H28IN5OS. The van der Waals surface area contributed by atoms with Gasteiger partial charge in [0.05, 0.1) is 11.9 Å². The molecular weight excluding hydrogens is 617 g/mol. The molecule has 8 heteroatoms. The summed E-state index contributed by atoms with van der Waals surface area (Å²) in [5.41, 5.74) is 12.7. The predicted molar refractivity (Wildman–Crippen MR) is 170 cm³/mol. The zero-order valence-electron chi connectivity index (χ0n) is 22.1. The van der Waals surface area contributed by atoms with Gasteiger partial charge in [-0.3, -0.25) is 4.79 Å². The fraction of sp³-hybridized carbons (Fsp3) is 0.129. The Hall–Kier alpha value is -3.76. The molecule has 2 heterocycles. The maximum Gasteiger partial charge on any atom is 0.271 e. The SMILES string of the molecule is Cc1ccc(Nc2nc(-c3ccc(C(=O)N/N=C\c4cc(C)n(-c5ccc(I)c(C)c5)c4C)cc3)cs2)cc1. The third-order valence-corrected chi connectivity index (χ3v) is 8.46. The van der Waals surface area contributed by atoms with E-state index in [0.29, 0.717) is 5.56 Å². The van der Waals surface area contributed by atoms with Crippen molar-refractivity contribution in [1.29, 1.82) is 0 Å². The average molecular weight is 646 g/mol. The molecule has 2 N–H and O–H groups in total. The van der Waals surface area contributed by atoms with Crippen molar-refractivity contribution in [2.45, 2.75) is 27.7 Å². The maximum atomic E-state index is 12.7. The van der Waals surface area contributed by atoms with E-state index < -0.39 is 0 Å². The largest absolute Gasteiger partial charge is 0.332 e. The molecule has 39 heavy (non-hydrogen) atoms. The van der Waals surface area contributed by atoms with Crippen LogP contribution in [0.2, 0.25) is 0 Å². The van der Waals surface area contributed by atoms with Crippen LogP contribution in [0.25, 0.3) is 16.9 Å². The van der Waals surface area contributed by atoms with Gasteiger partial charge in [-0.25, -0.2) is 10.4 Å². The van der Waals surface area contributed by atoms with Crippen LogP contribution in [-0.4, -0.2) is 21.7 Å². The molecule has 0 bridgehead atoms. The number of carbonyl (C=O) groups is 1. The summed E-state index contributed by atoms with van der Waals surface area (Å²) in [4.78, 5) is 17.4. The summed E-state index contributed by atoms with van der Waals surface area (Å²) in [6, 6.07) is 24.1. The molecule has 0 atom stereocenters. The number of nitrogens with zero attached hydrogens (tertiary/aromatic N) is 3. The van der Waals surface area contributed by atoms with Gasteiger partial charge in [0.2, 0.25) is 0 Å². The van der Waals surface area contributed by atoms with Crippen molar-refractivity contribution >= 4 is 56.9 Å². The van der Waals surface area contributed by atoms with Gasteiger partial charge in [-0.15, -0.1) is 11.3 Å². The number of carbonyl (C=O) groups excluding carboxylic acids is 1. The smallest absolute Gasteiger partial charge is 0.271 e. The molecule has 2 aromatic heterocycles. The minimum atomic E-state index is -0.264. The van der Waals surface area contributed by atoms with Crippen molar-refractivity contribution in [2.24, 2.45) is 5.10 Å². The standard InChI is InChI=1S/C31H28IN5OS/c1-19-5-11-26(12-6-19)34-31-35-29(18-39-31)23-7-9-24(10-8-23)30(38)36-33-17-25-16-21(3)37(22(25)4)27-13-14-28(32)20(2)15-27/h5-18H,1-4H3,(H,34,35)(H,36,38)/b33-17-. The zero-order chi connectivity index (χ0) is 27.5. The first-order valence-corrected chi connectivity index (χ1v) is 14.4. The lowest BCUT2D eigenvalue weighted by atomic mass is 10.1. The number of aromatic nitrogens is 2. The van der Waals surface area contributed by atoms with Crippen LogP contribution in [0.1, 0.15) is 38.4 Å². The summed E-state index contributed by atoms with van der Waals surface area (Å²) < 4.78 is 3.44. The van der Waals surface area contributed by atoms with Crippen molar-refractivity contribution in [1.82, 2.24) is 15.0 Å². The van der Waals surface area contributed by atoms with E-state index in [1.807, 2.05) is 29.6 Å². The number of aryl methyl sites for hydroxylation is 3. The summed E-state index contributed by atoms with van der Waals surface area (Å²) in [5.74, 6) is -0.264. The van der Waals surface area contributed by atoms with Crippen LogP contribution in [0, 0.1) is 31.3 Å². The summed E-state index contributed by atoms with van der Waals surface area (Å²) >= 11 is 3.89. The molecule has 0 saturated heterocycles. The summed E-state index contributed by atoms with van der Waals surface area (Å²) in [6.45, 7) is 8.31. The summed E-state index contributed by atoms with van der Waals surface area (Å²) in [7, 11) is 0. The first kappa shape index (κ1) is 26.8. The summed E-state index contributed by atoms with van der Waals surface area (Å²) in [5, 5.41) is 10.4. The number of hydrogen-bond acceptors (Lipinski definition) is 5. The quantitative estimate of drug-likeness (QED) is 0.107. The van der Waals surface area contributed by atoms with Crippen LogP contribution in [0.3, 0.4) is 0 Å². The zero-order valence-corrected chi connectivity index (χ0v) is 25.1. The molecule has 0 aliphatic heterocycles. The first-order chi connectivity index (χ1) is 18.8. The van der Waals surface area contributed by atoms with Crippen LogP contribution in [-0.2, 0) is 0 Å². The van der Waals surface area contributed by atoms with Crippen molar-refractivity contribution in [2.75, 3.05) is 5.32 Å². The highest BCUT2D eigenvalue weighted by molar-refractivity contribution is 14.1. The number of rotatable bonds is 7. The van der Waals surface area contributed by atoms with Gasteiger partial charge in [-0.2, -0.15) is 5.10 Å². The molecule has 0 aliphatic carbocycles. The Labute approximate surface area is 246 Å². The molecule has 5 rings (SSSR count). The van der Waals surface area contributed by atoms with Crippen molar-refractivity contribution in [3.63, 3.8) is 0 Å². The van der Waals surface area contributed by atoms with Gasteiger partial charge in [-0.05, 0) is 104 Å². The number of nitrogens with one attached hydrogen (secondary N) is 2. The van der Waals surface area contributed by atoms with E-state index in [1.54, 1.807) is 29.7 Å². The Morgan fingerprint density at radius 1 is 0.974 bits per heavy atom. The van der Waals surface area contributed by atoms with Crippen molar-refractivity contribution in [3.05, 3.63) is 115 Å². The number of amides is 1. The van der Waals surface area contributed by atoms with Gasteiger partial charge in [0.15, 0.2) is 5.13 Å². The number of hydrogen-bond donors (Lipinski definition) is 2. The molecule has 3 aromatic carbocycles. The van der Waals surface area contributed by atoms with E-state index in [0.717, 1.165) is 44.7 Å². The summed E-state index contributed by atoms with van der Waals surface area (Å²) in [6.07, 6.45) is 1.70. The fourth-order valence-corrected chi connectivity index (χ4v) is 5.40. The van der Waals surface area contributed by atoms with E-state index in [2.05, 4.69) is 112 Å². The average Bonchev–Trinajstić information content (AvgIpc) is 3.50. The first-order valence-electron chi connectivity index (χ1n) is 12.5. The van der Waals surface area contributed by atoms with E-state index in [-0.39, 0.29) is 5.91 Å². The Balaban J connectivity index is 1.23. The van der Waals surface area contributed by atoms with Crippen LogP contribution < -0.4 is 10.7 Å². The number of hydrazone groups is 1. The minimum absolute atomic E-state index is 0.264. The van der Waals surface area contributed by atoms with E-state index in [9.17, 15) is 4.79 Å². The third-order valence-electron chi connectivity index (χ3n) is 6.49. The van der Waals surface area contributed by atoms with Gasteiger partial charge >= 0.3 is 0 Å². The lowest BCUT2D eigenvalue weighted by Gasteiger charge is -2.11. The van der Waals surface area contributed by atoms with E-state index in [1.165, 1.54) is 14.7 Å². The van der Waals surface area contributed by atoms with Crippen LogP contribution >= 0.6 is 33.9 Å².